The van der Waals surface area contributed by atoms with Crippen LogP contribution in [0.5, 0.6) is 5.75 Å². The zero-order valence-electron chi connectivity index (χ0n) is 11.4. The molecule has 3 nitrogen and oxygen atoms in total. The predicted molar refractivity (Wildman–Crippen MR) is 77.8 cm³/mol. The van der Waals surface area contributed by atoms with E-state index in [1.807, 2.05) is 12.1 Å². The average Bonchev–Trinajstić information content (AvgIpc) is 2.85. The highest BCUT2D eigenvalue weighted by atomic mass is 35.5. The molecule has 1 aromatic rings. The molecule has 106 valence electrons. The summed E-state index contributed by atoms with van der Waals surface area (Å²) in [5.74, 6) is 1.53. The molecular formula is C15H22ClNO2. The molecule has 1 aliphatic rings. The fourth-order valence-corrected chi connectivity index (χ4v) is 2.78. The number of hydrogen-bond donors (Lipinski definition) is 2. The van der Waals surface area contributed by atoms with Gasteiger partial charge in [0.1, 0.15) is 5.75 Å². The number of aliphatic hydroxyl groups is 1. The number of halogens is 1. The molecule has 0 fully saturated rings. The van der Waals surface area contributed by atoms with Gasteiger partial charge in [0.25, 0.3) is 0 Å². The molecular weight excluding hydrogens is 262 g/mol. The van der Waals surface area contributed by atoms with E-state index in [0.717, 1.165) is 55.3 Å². The molecule has 1 aliphatic heterocycles. The van der Waals surface area contributed by atoms with Gasteiger partial charge in [0.05, 0.1) is 6.61 Å². The largest absolute Gasteiger partial charge is 0.493 e. The zero-order valence-corrected chi connectivity index (χ0v) is 12.2. The van der Waals surface area contributed by atoms with Crippen molar-refractivity contribution < 1.29 is 9.84 Å². The van der Waals surface area contributed by atoms with E-state index in [1.165, 1.54) is 5.56 Å². The van der Waals surface area contributed by atoms with E-state index in [0.29, 0.717) is 5.92 Å². The maximum atomic E-state index is 8.98. The quantitative estimate of drug-likeness (QED) is 0.808. The molecule has 2 N–H and O–H groups in total. The van der Waals surface area contributed by atoms with Crippen molar-refractivity contribution in [2.45, 2.75) is 32.7 Å². The smallest absolute Gasteiger partial charge is 0.127 e. The van der Waals surface area contributed by atoms with Crippen molar-refractivity contribution in [3.8, 4) is 5.75 Å². The maximum Gasteiger partial charge on any atom is 0.127 e. The Balaban J connectivity index is 1.93. The van der Waals surface area contributed by atoms with E-state index in [4.69, 9.17) is 21.4 Å². The summed E-state index contributed by atoms with van der Waals surface area (Å²) in [7, 11) is 0. The van der Waals surface area contributed by atoms with Crippen molar-refractivity contribution in [3.63, 3.8) is 0 Å². The summed E-state index contributed by atoms with van der Waals surface area (Å²) in [4.78, 5) is 0. The van der Waals surface area contributed by atoms with Crippen molar-refractivity contribution in [1.29, 1.82) is 0 Å². The van der Waals surface area contributed by atoms with Crippen LogP contribution < -0.4 is 10.1 Å². The van der Waals surface area contributed by atoms with Crippen molar-refractivity contribution >= 4 is 11.6 Å². The summed E-state index contributed by atoms with van der Waals surface area (Å²) in [5, 5.41) is 13.2. The first-order chi connectivity index (χ1) is 9.24. The molecule has 1 aromatic carbocycles. The van der Waals surface area contributed by atoms with Gasteiger partial charge < -0.3 is 15.2 Å². The van der Waals surface area contributed by atoms with Crippen LogP contribution >= 0.6 is 11.6 Å². The zero-order chi connectivity index (χ0) is 13.7. The van der Waals surface area contributed by atoms with Gasteiger partial charge in [-0.05, 0) is 36.6 Å². The summed E-state index contributed by atoms with van der Waals surface area (Å²) in [6.45, 7) is 4.85. The maximum absolute atomic E-state index is 8.98. The fraction of sp³-hybridized carbons (Fsp3) is 0.600. The summed E-state index contributed by atoms with van der Waals surface area (Å²) in [6.07, 6.45) is 2.89. The van der Waals surface area contributed by atoms with Crippen molar-refractivity contribution in [2.75, 3.05) is 19.8 Å². The minimum atomic E-state index is 0.260. The van der Waals surface area contributed by atoms with E-state index in [1.54, 1.807) is 0 Å². The number of aliphatic hydroxyl groups excluding tert-OH is 1. The minimum absolute atomic E-state index is 0.260. The topological polar surface area (TPSA) is 41.5 Å². The molecule has 1 heterocycles. The third-order valence-electron chi connectivity index (χ3n) is 3.69. The minimum Gasteiger partial charge on any atom is -0.493 e. The van der Waals surface area contributed by atoms with Gasteiger partial charge in [-0.3, -0.25) is 0 Å². The van der Waals surface area contributed by atoms with Crippen LogP contribution in [0.1, 0.15) is 30.9 Å². The van der Waals surface area contributed by atoms with E-state index in [-0.39, 0.29) is 6.61 Å². The number of nitrogens with one attached hydrogen (secondary N) is 1. The molecule has 0 aromatic heterocycles. The molecule has 4 heteroatoms. The van der Waals surface area contributed by atoms with Crippen LogP contribution in [0.25, 0.3) is 0 Å². The summed E-state index contributed by atoms with van der Waals surface area (Å²) in [5.41, 5.74) is 2.35. The lowest BCUT2D eigenvalue weighted by atomic mass is 10.0. The van der Waals surface area contributed by atoms with Gasteiger partial charge >= 0.3 is 0 Å². The molecule has 0 spiro atoms. The molecule has 0 bridgehead atoms. The van der Waals surface area contributed by atoms with E-state index >= 15 is 0 Å². The Morgan fingerprint density at radius 3 is 3.05 bits per heavy atom. The average molecular weight is 284 g/mol. The summed E-state index contributed by atoms with van der Waals surface area (Å²) >= 11 is 6.13. The Morgan fingerprint density at radius 2 is 2.32 bits per heavy atom. The molecule has 0 aliphatic carbocycles. The first kappa shape index (κ1) is 14.6. The monoisotopic (exact) mass is 283 g/mol. The van der Waals surface area contributed by atoms with Gasteiger partial charge in [0, 0.05) is 30.2 Å². The second-order valence-corrected chi connectivity index (χ2v) is 5.51. The van der Waals surface area contributed by atoms with Crippen molar-refractivity contribution in [3.05, 3.63) is 28.3 Å². The lowest BCUT2D eigenvalue weighted by Crippen LogP contribution is -2.23. The number of hydrogen-bond acceptors (Lipinski definition) is 3. The SMILES string of the molecule is CCC(CCO)CNCc1cc(Cl)cc2c1OCC2. The normalized spacial score (nSPS) is 15.1. The first-order valence-corrected chi connectivity index (χ1v) is 7.38. The molecule has 2 rings (SSSR count). The number of fused-ring (bicyclic) bond motifs is 1. The van der Waals surface area contributed by atoms with Gasteiger partial charge in [-0.25, -0.2) is 0 Å². The number of benzene rings is 1. The first-order valence-electron chi connectivity index (χ1n) is 7.00. The predicted octanol–water partition coefficient (Wildman–Crippen LogP) is 2.77. The number of rotatable bonds is 7. The Morgan fingerprint density at radius 1 is 1.47 bits per heavy atom. The van der Waals surface area contributed by atoms with Gasteiger partial charge in [0.15, 0.2) is 0 Å². The third kappa shape index (κ3) is 3.85. The Bertz CT molecular complexity index is 423. The van der Waals surface area contributed by atoms with Gasteiger partial charge in [0.2, 0.25) is 0 Å². The Kier molecular flexibility index (Phi) is 5.49. The number of ether oxygens (including phenoxy) is 1. The van der Waals surface area contributed by atoms with Crippen LogP contribution in [0.4, 0.5) is 0 Å². The third-order valence-corrected chi connectivity index (χ3v) is 3.91. The molecule has 1 atom stereocenters. The molecule has 1 unspecified atom stereocenters. The van der Waals surface area contributed by atoms with Gasteiger partial charge in [-0.1, -0.05) is 24.9 Å². The van der Waals surface area contributed by atoms with Crippen LogP contribution in [0.3, 0.4) is 0 Å². The van der Waals surface area contributed by atoms with Crippen LogP contribution in [0.2, 0.25) is 5.02 Å². The van der Waals surface area contributed by atoms with Crippen LogP contribution in [-0.4, -0.2) is 24.9 Å². The lowest BCUT2D eigenvalue weighted by Gasteiger charge is -2.15. The Labute approximate surface area is 119 Å². The summed E-state index contributed by atoms with van der Waals surface area (Å²) < 4.78 is 5.68. The fourth-order valence-electron chi connectivity index (χ4n) is 2.52. The molecule has 0 amide bonds. The Hall–Kier alpha value is -0.770. The molecule has 0 saturated heterocycles. The molecule has 19 heavy (non-hydrogen) atoms. The molecule has 0 saturated carbocycles. The van der Waals surface area contributed by atoms with E-state index < -0.39 is 0 Å². The second kappa shape index (κ2) is 7.13. The second-order valence-electron chi connectivity index (χ2n) is 5.07. The highest BCUT2D eigenvalue weighted by Crippen LogP contribution is 2.32. The van der Waals surface area contributed by atoms with E-state index in [9.17, 15) is 0 Å². The standard InChI is InChI=1S/C15H22ClNO2/c1-2-11(3-5-18)9-17-10-13-8-14(16)7-12-4-6-19-15(12)13/h7-8,11,17-18H,2-6,9-10H2,1H3. The van der Waals surface area contributed by atoms with Crippen molar-refractivity contribution in [2.24, 2.45) is 5.92 Å². The van der Waals surface area contributed by atoms with Gasteiger partial charge in [-0.2, -0.15) is 0 Å². The van der Waals surface area contributed by atoms with E-state index in [2.05, 4.69) is 12.2 Å². The summed E-state index contributed by atoms with van der Waals surface area (Å²) in [6, 6.07) is 3.97. The lowest BCUT2D eigenvalue weighted by molar-refractivity contribution is 0.251. The van der Waals surface area contributed by atoms with Crippen LogP contribution in [0, 0.1) is 5.92 Å². The van der Waals surface area contributed by atoms with Crippen LogP contribution in [0.15, 0.2) is 12.1 Å². The van der Waals surface area contributed by atoms with Crippen molar-refractivity contribution in [1.82, 2.24) is 5.32 Å². The van der Waals surface area contributed by atoms with Crippen LogP contribution in [-0.2, 0) is 13.0 Å². The van der Waals surface area contributed by atoms with Gasteiger partial charge in [-0.15, -0.1) is 0 Å². The highest BCUT2D eigenvalue weighted by Gasteiger charge is 2.17. The molecule has 0 radical (unpaired) electrons. The highest BCUT2D eigenvalue weighted by molar-refractivity contribution is 6.30.